The molecule has 1 aromatic heterocycles. The van der Waals surface area contributed by atoms with Crippen molar-refractivity contribution in [2.45, 2.75) is 57.3 Å². The summed E-state index contributed by atoms with van der Waals surface area (Å²) in [6.07, 6.45) is 9.64. The average molecular weight is 264 g/mol. The summed E-state index contributed by atoms with van der Waals surface area (Å²) in [6, 6.07) is 0.629. The third-order valence-corrected chi connectivity index (χ3v) is 4.18. The van der Waals surface area contributed by atoms with Crippen molar-refractivity contribution < 1.29 is 14.6 Å². The van der Waals surface area contributed by atoms with E-state index in [-0.39, 0.29) is 12.0 Å². The number of aliphatic carboxylic acids is 1. The smallest absolute Gasteiger partial charge is 0.306 e. The third kappa shape index (κ3) is 2.97. The summed E-state index contributed by atoms with van der Waals surface area (Å²) >= 11 is 0. The largest absolute Gasteiger partial charge is 0.481 e. The van der Waals surface area contributed by atoms with Gasteiger partial charge in [-0.2, -0.15) is 0 Å². The van der Waals surface area contributed by atoms with Gasteiger partial charge < -0.3 is 14.4 Å². The number of ether oxygens (including phenoxy) is 1. The number of aromatic nitrogens is 2. The van der Waals surface area contributed by atoms with Crippen molar-refractivity contribution in [1.29, 1.82) is 0 Å². The highest BCUT2D eigenvalue weighted by Crippen LogP contribution is 2.36. The first-order chi connectivity index (χ1) is 9.24. The van der Waals surface area contributed by atoms with E-state index >= 15 is 0 Å². The molecule has 0 spiro atoms. The van der Waals surface area contributed by atoms with Crippen molar-refractivity contribution >= 4 is 5.97 Å². The lowest BCUT2D eigenvalue weighted by Crippen LogP contribution is -2.26. The summed E-state index contributed by atoms with van der Waals surface area (Å²) in [5.74, 6) is -0.831. The fourth-order valence-electron chi connectivity index (χ4n) is 2.80. The molecule has 3 rings (SSSR count). The van der Waals surface area contributed by atoms with E-state index in [1.807, 2.05) is 12.5 Å². The predicted molar refractivity (Wildman–Crippen MR) is 68.7 cm³/mol. The highest BCUT2D eigenvalue weighted by atomic mass is 16.5. The van der Waals surface area contributed by atoms with Gasteiger partial charge in [0.1, 0.15) is 0 Å². The molecule has 5 heteroatoms. The zero-order valence-corrected chi connectivity index (χ0v) is 11.0. The lowest BCUT2D eigenvalue weighted by Gasteiger charge is -2.26. The van der Waals surface area contributed by atoms with E-state index in [2.05, 4.69) is 9.55 Å². The number of imidazole rings is 1. The van der Waals surface area contributed by atoms with E-state index in [9.17, 15) is 4.79 Å². The minimum Gasteiger partial charge on any atom is -0.481 e. The van der Waals surface area contributed by atoms with Crippen LogP contribution in [-0.4, -0.2) is 26.7 Å². The van der Waals surface area contributed by atoms with Gasteiger partial charge in [0.25, 0.3) is 0 Å². The van der Waals surface area contributed by atoms with Crippen LogP contribution in [0.2, 0.25) is 0 Å². The van der Waals surface area contributed by atoms with Gasteiger partial charge in [-0.3, -0.25) is 4.79 Å². The first-order valence-corrected chi connectivity index (χ1v) is 7.09. The first-order valence-electron chi connectivity index (χ1n) is 7.09. The molecule has 0 aromatic carbocycles. The van der Waals surface area contributed by atoms with E-state index < -0.39 is 5.97 Å². The number of hydrogen-bond acceptors (Lipinski definition) is 3. The molecular weight excluding hydrogens is 244 g/mol. The van der Waals surface area contributed by atoms with Gasteiger partial charge in [0, 0.05) is 6.04 Å². The molecule has 1 aromatic rings. The maximum atomic E-state index is 10.9. The Morgan fingerprint density at radius 1 is 1.32 bits per heavy atom. The standard InChI is InChI=1S/C14H20N2O3/c17-14(18)10-1-5-13(6-2-10)19-8-12-7-15-9-16(12)11-3-4-11/h7,9-11,13H,1-6,8H2,(H,17,18). The van der Waals surface area contributed by atoms with E-state index in [1.165, 1.54) is 12.8 Å². The minimum absolute atomic E-state index is 0.170. The van der Waals surface area contributed by atoms with Crippen molar-refractivity contribution in [3.05, 3.63) is 18.2 Å². The second-order valence-corrected chi connectivity index (χ2v) is 5.65. The van der Waals surface area contributed by atoms with Gasteiger partial charge in [0.2, 0.25) is 0 Å². The van der Waals surface area contributed by atoms with Gasteiger partial charge in [-0.25, -0.2) is 4.98 Å². The van der Waals surface area contributed by atoms with E-state index in [0.717, 1.165) is 31.4 Å². The summed E-state index contributed by atoms with van der Waals surface area (Å²) in [7, 11) is 0. The summed E-state index contributed by atoms with van der Waals surface area (Å²) in [4.78, 5) is 15.1. The third-order valence-electron chi connectivity index (χ3n) is 4.18. The molecule has 0 unspecified atom stereocenters. The molecular formula is C14H20N2O3. The van der Waals surface area contributed by atoms with E-state index in [4.69, 9.17) is 9.84 Å². The fourth-order valence-corrected chi connectivity index (χ4v) is 2.80. The molecule has 0 saturated heterocycles. The molecule has 19 heavy (non-hydrogen) atoms. The quantitative estimate of drug-likeness (QED) is 0.886. The Balaban J connectivity index is 1.48. The Morgan fingerprint density at radius 2 is 2.05 bits per heavy atom. The van der Waals surface area contributed by atoms with Crippen LogP contribution >= 0.6 is 0 Å². The minimum atomic E-state index is -0.662. The monoisotopic (exact) mass is 264 g/mol. The van der Waals surface area contributed by atoms with Crippen LogP contribution in [-0.2, 0) is 16.1 Å². The van der Waals surface area contributed by atoms with Crippen LogP contribution in [0, 0.1) is 5.92 Å². The van der Waals surface area contributed by atoms with Crippen molar-refractivity contribution in [2.24, 2.45) is 5.92 Å². The highest BCUT2D eigenvalue weighted by Gasteiger charge is 2.28. The summed E-state index contributed by atoms with van der Waals surface area (Å²) in [5, 5.41) is 8.96. The van der Waals surface area contributed by atoms with Crippen LogP contribution in [0.3, 0.4) is 0 Å². The zero-order valence-electron chi connectivity index (χ0n) is 11.0. The summed E-state index contributed by atoms with van der Waals surface area (Å²) in [5.41, 5.74) is 1.14. The van der Waals surface area contributed by atoms with Crippen LogP contribution in [0.5, 0.6) is 0 Å². The fraction of sp³-hybridized carbons (Fsp3) is 0.714. The number of carboxylic acid groups (broad SMARTS) is 1. The van der Waals surface area contributed by atoms with Gasteiger partial charge in [-0.15, -0.1) is 0 Å². The molecule has 0 radical (unpaired) electrons. The molecule has 2 aliphatic carbocycles. The van der Waals surface area contributed by atoms with Crippen LogP contribution in [0.4, 0.5) is 0 Å². The second kappa shape index (κ2) is 5.33. The normalized spacial score (nSPS) is 27.4. The summed E-state index contributed by atoms with van der Waals surface area (Å²) in [6.45, 7) is 0.596. The van der Waals surface area contributed by atoms with Gasteiger partial charge in [0.15, 0.2) is 0 Å². The zero-order chi connectivity index (χ0) is 13.2. The molecule has 1 heterocycles. The molecule has 104 valence electrons. The number of hydrogen-bond donors (Lipinski definition) is 1. The lowest BCUT2D eigenvalue weighted by atomic mass is 9.87. The second-order valence-electron chi connectivity index (χ2n) is 5.65. The molecule has 0 bridgehead atoms. The summed E-state index contributed by atoms with van der Waals surface area (Å²) < 4.78 is 8.13. The Kier molecular flexibility index (Phi) is 3.55. The highest BCUT2D eigenvalue weighted by molar-refractivity contribution is 5.70. The Bertz CT molecular complexity index is 445. The van der Waals surface area contributed by atoms with Gasteiger partial charge in [-0.05, 0) is 38.5 Å². The van der Waals surface area contributed by atoms with Gasteiger partial charge in [-0.1, -0.05) is 0 Å². The Hall–Kier alpha value is -1.36. The molecule has 5 nitrogen and oxygen atoms in total. The maximum absolute atomic E-state index is 10.9. The van der Waals surface area contributed by atoms with Crippen molar-refractivity contribution in [1.82, 2.24) is 9.55 Å². The van der Waals surface area contributed by atoms with Crippen LogP contribution < -0.4 is 0 Å². The number of rotatable bonds is 5. The van der Waals surface area contributed by atoms with E-state index in [1.54, 1.807) is 0 Å². The number of carboxylic acids is 1. The van der Waals surface area contributed by atoms with Gasteiger partial charge in [0.05, 0.1) is 36.8 Å². The Morgan fingerprint density at radius 3 is 2.68 bits per heavy atom. The molecule has 0 amide bonds. The average Bonchev–Trinajstić information content (AvgIpc) is 3.16. The van der Waals surface area contributed by atoms with Crippen molar-refractivity contribution in [2.75, 3.05) is 0 Å². The van der Waals surface area contributed by atoms with Crippen LogP contribution in [0.25, 0.3) is 0 Å². The first kappa shape index (κ1) is 12.7. The van der Waals surface area contributed by atoms with Crippen molar-refractivity contribution in [3.63, 3.8) is 0 Å². The predicted octanol–water partition coefficient (Wildman–Crippen LogP) is 2.38. The molecule has 2 aliphatic rings. The SMILES string of the molecule is O=C(O)C1CCC(OCc2cncn2C2CC2)CC1. The maximum Gasteiger partial charge on any atom is 0.306 e. The van der Waals surface area contributed by atoms with Crippen LogP contribution in [0.15, 0.2) is 12.5 Å². The van der Waals surface area contributed by atoms with Crippen LogP contribution in [0.1, 0.15) is 50.3 Å². The van der Waals surface area contributed by atoms with Crippen molar-refractivity contribution in [3.8, 4) is 0 Å². The number of nitrogens with zero attached hydrogens (tertiary/aromatic N) is 2. The van der Waals surface area contributed by atoms with E-state index in [0.29, 0.717) is 12.6 Å². The molecule has 1 N–H and O–H groups in total. The lowest BCUT2D eigenvalue weighted by molar-refractivity contribution is -0.143. The Labute approximate surface area is 112 Å². The molecule has 0 atom stereocenters. The topological polar surface area (TPSA) is 64.3 Å². The van der Waals surface area contributed by atoms with Gasteiger partial charge >= 0.3 is 5.97 Å². The molecule has 2 saturated carbocycles. The molecule has 2 fully saturated rings. The molecule has 0 aliphatic heterocycles. The number of carbonyl (C=O) groups is 1.